The van der Waals surface area contributed by atoms with Crippen molar-refractivity contribution in [3.63, 3.8) is 0 Å². The van der Waals surface area contributed by atoms with E-state index in [1.54, 1.807) is 12.1 Å². The van der Waals surface area contributed by atoms with Crippen LogP contribution in [0.25, 0.3) is 0 Å². The first-order chi connectivity index (χ1) is 9.06. The lowest BCUT2D eigenvalue weighted by molar-refractivity contribution is -0.120. The van der Waals surface area contributed by atoms with Gasteiger partial charge in [-0.05, 0) is 30.9 Å². The lowest BCUT2D eigenvalue weighted by Gasteiger charge is -2.13. The number of nitrogens with two attached hydrogens (primary N) is 2. The second kappa shape index (κ2) is 5.84. The van der Waals surface area contributed by atoms with Crippen LogP contribution in [0.3, 0.4) is 0 Å². The van der Waals surface area contributed by atoms with Crippen molar-refractivity contribution in [1.29, 1.82) is 0 Å². The third-order valence-electron chi connectivity index (χ3n) is 3.48. The summed E-state index contributed by atoms with van der Waals surface area (Å²) in [5.74, 6) is -0.467. The molecule has 0 spiro atoms. The van der Waals surface area contributed by atoms with Crippen molar-refractivity contribution in [3.05, 3.63) is 29.8 Å². The lowest BCUT2D eigenvalue weighted by Crippen LogP contribution is -2.24. The van der Waals surface area contributed by atoms with E-state index >= 15 is 0 Å². The van der Waals surface area contributed by atoms with Crippen LogP contribution in [-0.2, 0) is 16.0 Å². The number of anilines is 1. The molecule has 102 valence electrons. The Hall–Kier alpha value is -1.88. The van der Waals surface area contributed by atoms with E-state index in [0.29, 0.717) is 5.69 Å². The molecule has 1 fully saturated rings. The minimum Gasteiger partial charge on any atom is -0.369 e. The Morgan fingerprint density at radius 3 is 2.63 bits per heavy atom. The Morgan fingerprint density at radius 1 is 1.26 bits per heavy atom. The molecule has 0 aromatic heterocycles. The second-order valence-corrected chi connectivity index (χ2v) is 5.06. The van der Waals surface area contributed by atoms with Gasteiger partial charge in [0.15, 0.2) is 0 Å². The highest BCUT2D eigenvalue weighted by Gasteiger charge is 2.28. The number of hydrogen-bond donors (Lipinski definition) is 3. The Morgan fingerprint density at radius 2 is 2.00 bits per heavy atom. The Kier molecular flexibility index (Phi) is 4.16. The van der Waals surface area contributed by atoms with Crippen molar-refractivity contribution in [2.45, 2.75) is 31.7 Å². The Labute approximate surface area is 112 Å². The molecule has 1 saturated carbocycles. The van der Waals surface area contributed by atoms with Crippen molar-refractivity contribution in [2.24, 2.45) is 17.4 Å². The molecule has 1 aromatic carbocycles. The van der Waals surface area contributed by atoms with Gasteiger partial charge in [0, 0.05) is 17.6 Å². The van der Waals surface area contributed by atoms with Gasteiger partial charge in [-0.2, -0.15) is 0 Å². The zero-order chi connectivity index (χ0) is 13.8. The average Bonchev–Trinajstić information content (AvgIpc) is 2.78. The summed E-state index contributed by atoms with van der Waals surface area (Å²) in [6.07, 6.45) is 2.57. The number of para-hydroxylation sites is 1. The fourth-order valence-electron chi connectivity index (χ4n) is 2.47. The molecule has 19 heavy (non-hydrogen) atoms. The first kappa shape index (κ1) is 13.5. The smallest absolute Gasteiger partial charge is 0.227 e. The maximum atomic E-state index is 12.1. The molecule has 0 bridgehead atoms. The summed E-state index contributed by atoms with van der Waals surface area (Å²) in [6, 6.07) is 7.34. The van der Waals surface area contributed by atoms with Crippen LogP contribution in [0.1, 0.15) is 24.8 Å². The van der Waals surface area contributed by atoms with Gasteiger partial charge >= 0.3 is 0 Å². The van der Waals surface area contributed by atoms with Gasteiger partial charge in [0.2, 0.25) is 11.8 Å². The second-order valence-electron chi connectivity index (χ2n) is 5.06. The number of hydrogen-bond acceptors (Lipinski definition) is 3. The van der Waals surface area contributed by atoms with Crippen molar-refractivity contribution in [3.8, 4) is 0 Å². The Bertz CT molecular complexity index is 487. The zero-order valence-electron chi connectivity index (χ0n) is 10.8. The third-order valence-corrected chi connectivity index (χ3v) is 3.48. The quantitative estimate of drug-likeness (QED) is 0.747. The number of carbonyl (C=O) groups is 2. The van der Waals surface area contributed by atoms with Crippen LogP contribution in [0.4, 0.5) is 5.69 Å². The maximum Gasteiger partial charge on any atom is 0.227 e. The van der Waals surface area contributed by atoms with Crippen molar-refractivity contribution in [2.75, 3.05) is 5.32 Å². The topological polar surface area (TPSA) is 98.2 Å². The van der Waals surface area contributed by atoms with Crippen LogP contribution in [0.2, 0.25) is 0 Å². The highest BCUT2D eigenvalue weighted by Crippen LogP contribution is 2.26. The van der Waals surface area contributed by atoms with E-state index in [1.807, 2.05) is 12.1 Å². The van der Waals surface area contributed by atoms with E-state index in [-0.39, 0.29) is 24.3 Å². The minimum atomic E-state index is -0.412. The number of primary amides is 1. The molecule has 1 aromatic rings. The molecule has 2 atom stereocenters. The molecule has 2 unspecified atom stereocenters. The first-order valence-corrected chi connectivity index (χ1v) is 6.49. The summed E-state index contributed by atoms with van der Waals surface area (Å²) in [4.78, 5) is 23.1. The molecule has 1 aliphatic carbocycles. The highest BCUT2D eigenvalue weighted by atomic mass is 16.2. The molecule has 5 heteroatoms. The van der Waals surface area contributed by atoms with E-state index in [1.165, 1.54) is 0 Å². The molecule has 1 aliphatic rings. The molecule has 0 aliphatic heterocycles. The molecular weight excluding hydrogens is 242 g/mol. The van der Waals surface area contributed by atoms with Gasteiger partial charge in [-0.3, -0.25) is 9.59 Å². The number of rotatable bonds is 4. The molecule has 2 amide bonds. The maximum absolute atomic E-state index is 12.1. The Balaban J connectivity index is 2.06. The van der Waals surface area contributed by atoms with Crippen LogP contribution < -0.4 is 16.8 Å². The number of amides is 2. The van der Waals surface area contributed by atoms with E-state index < -0.39 is 5.91 Å². The van der Waals surface area contributed by atoms with Gasteiger partial charge < -0.3 is 16.8 Å². The summed E-state index contributed by atoms with van der Waals surface area (Å²) in [6.45, 7) is 0. The fourth-order valence-corrected chi connectivity index (χ4v) is 2.47. The standard InChI is InChI=1S/C14H19N3O2/c15-11-6-5-10(7-11)14(19)17-12-4-2-1-3-9(12)8-13(16)18/h1-4,10-11H,5-8,15H2,(H2,16,18)(H,17,19). The summed E-state index contributed by atoms with van der Waals surface area (Å²) in [5.41, 5.74) is 12.4. The molecule has 5 N–H and O–H groups in total. The van der Waals surface area contributed by atoms with Gasteiger partial charge in [0.1, 0.15) is 0 Å². The molecule has 0 heterocycles. The van der Waals surface area contributed by atoms with E-state index in [0.717, 1.165) is 24.8 Å². The number of benzene rings is 1. The summed E-state index contributed by atoms with van der Waals surface area (Å²) in [7, 11) is 0. The lowest BCUT2D eigenvalue weighted by atomic mass is 10.1. The number of carbonyl (C=O) groups excluding carboxylic acids is 2. The predicted molar refractivity (Wildman–Crippen MR) is 73.3 cm³/mol. The van der Waals surface area contributed by atoms with Crippen LogP contribution in [-0.4, -0.2) is 17.9 Å². The normalized spacial score (nSPS) is 22.2. The van der Waals surface area contributed by atoms with E-state index in [4.69, 9.17) is 11.5 Å². The van der Waals surface area contributed by atoms with Gasteiger partial charge in [-0.1, -0.05) is 18.2 Å². The van der Waals surface area contributed by atoms with E-state index in [2.05, 4.69) is 5.32 Å². The zero-order valence-corrected chi connectivity index (χ0v) is 10.8. The van der Waals surface area contributed by atoms with E-state index in [9.17, 15) is 9.59 Å². The van der Waals surface area contributed by atoms with Gasteiger partial charge in [-0.15, -0.1) is 0 Å². The summed E-state index contributed by atoms with van der Waals surface area (Å²) in [5, 5.41) is 2.88. The SMILES string of the molecule is NC(=O)Cc1ccccc1NC(=O)C1CCC(N)C1. The van der Waals surface area contributed by atoms with Crippen molar-refractivity contribution >= 4 is 17.5 Å². The fraction of sp³-hybridized carbons (Fsp3) is 0.429. The summed E-state index contributed by atoms with van der Waals surface area (Å²) < 4.78 is 0. The van der Waals surface area contributed by atoms with Crippen LogP contribution in [0.15, 0.2) is 24.3 Å². The summed E-state index contributed by atoms with van der Waals surface area (Å²) >= 11 is 0. The van der Waals surface area contributed by atoms with Crippen LogP contribution in [0, 0.1) is 5.92 Å². The van der Waals surface area contributed by atoms with Gasteiger partial charge in [0.05, 0.1) is 6.42 Å². The number of nitrogens with one attached hydrogen (secondary N) is 1. The monoisotopic (exact) mass is 261 g/mol. The van der Waals surface area contributed by atoms with Gasteiger partial charge in [-0.25, -0.2) is 0 Å². The average molecular weight is 261 g/mol. The molecule has 0 saturated heterocycles. The molecule has 2 rings (SSSR count). The largest absolute Gasteiger partial charge is 0.369 e. The third kappa shape index (κ3) is 3.54. The predicted octanol–water partition coefficient (Wildman–Crippen LogP) is 0.780. The first-order valence-electron chi connectivity index (χ1n) is 6.49. The highest BCUT2D eigenvalue weighted by molar-refractivity contribution is 5.94. The van der Waals surface area contributed by atoms with Crippen LogP contribution >= 0.6 is 0 Å². The minimum absolute atomic E-state index is 0.0233. The molecular formula is C14H19N3O2. The van der Waals surface area contributed by atoms with Gasteiger partial charge in [0.25, 0.3) is 0 Å². The van der Waals surface area contributed by atoms with Crippen molar-refractivity contribution in [1.82, 2.24) is 0 Å². The molecule has 5 nitrogen and oxygen atoms in total. The van der Waals surface area contributed by atoms with Crippen molar-refractivity contribution < 1.29 is 9.59 Å². The van der Waals surface area contributed by atoms with Crippen LogP contribution in [0.5, 0.6) is 0 Å². The molecule has 0 radical (unpaired) electrons.